The molecule has 0 saturated carbocycles. The fourth-order valence-corrected chi connectivity index (χ4v) is 3.56. The molecule has 0 fully saturated rings. The predicted octanol–water partition coefficient (Wildman–Crippen LogP) is 3.83. The van der Waals surface area contributed by atoms with Crippen molar-refractivity contribution in [1.29, 1.82) is 0 Å². The standard InChI is InChI=1S/C24H24N4O3/c29-24(26-30)14-23(13-19-10-11-20-8-4-5-9-21(20)12-19)28-15-22(25-27-28)17-31-16-18-6-2-1-3-7-18/h1-12,15,23,30H,13-14,16-17H2,(H,26,29). The topological polar surface area (TPSA) is 89.3 Å². The van der Waals surface area contributed by atoms with E-state index < -0.39 is 5.91 Å². The second kappa shape index (κ2) is 9.97. The molecule has 0 spiro atoms. The molecule has 2 N–H and O–H groups in total. The van der Waals surface area contributed by atoms with Crippen molar-refractivity contribution in [2.24, 2.45) is 0 Å². The van der Waals surface area contributed by atoms with Crippen molar-refractivity contribution in [3.63, 3.8) is 0 Å². The number of nitrogens with zero attached hydrogens (tertiary/aromatic N) is 3. The van der Waals surface area contributed by atoms with Crippen LogP contribution in [0.15, 0.2) is 79.0 Å². The number of amides is 1. The molecule has 4 rings (SSSR count). The van der Waals surface area contributed by atoms with Crippen LogP contribution in [-0.4, -0.2) is 26.1 Å². The Morgan fingerprint density at radius 3 is 2.55 bits per heavy atom. The lowest BCUT2D eigenvalue weighted by Crippen LogP contribution is -2.25. The number of carbonyl (C=O) groups is 1. The number of benzene rings is 3. The lowest BCUT2D eigenvalue weighted by molar-refractivity contribution is -0.130. The van der Waals surface area contributed by atoms with Crippen LogP contribution >= 0.6 is 0 Å². The molecular weight excluding hydrogens is 392 g/mol. The van der Waals surface area contributed by atoms with Gasteiger partial charge in [-0.25, -0.2) is 10.2 Å². The van der Waals surface area contributed by atoms with E-state index in [0.29, 0.717) is 25.3 Å². The van der Waals surface area contributed by atoms with Crippen molar-refractivity contribution in [2.45, 2.75) is 32.1 Å². The number of hydrogen-bond donors (Lipinski definition) is 2. The van der Waals surface area contributed by atoms with Gasteiger partial charge in [0.2, 0.25) is 5.91 Å². The van der Waals surface area contributed by atoms with E-state index in [2.05, 4.69) is 34.6 Å². The zero-order valence-corrected chi connectivity index (χ0v) is 17.0. The van der Waals surface area contributed by atoms with Crippen LogP contribution in [0, 0.1) is 0 Å². The molecule has 0 aliphatic heterocycles. The second-order valence-corrected chi connectivity index (χ2v) is 7.45. The molecule has 0 radical (unpaired) electrons. The van der Waals surface area contributed by atoms with Gasteiger partial charge >= 0.3 is 0 Å². The van der Waals surface area contributed by atoms with Gasteiger partial charge in [0.05, 0.1) is 31.9 Å². The fourth-order valence-electron chi connectivity index (χ4n) is 3.56. The van der Waals surface area contributed by atoms with Crippen molar-refractivity contribution in [1.82, 2.24) is 20.5 Å². The number of fused-ring (bicyclic) bond motifs is 1. The van der Waals surface area contributed by atoms with E-state index in [0.717, 1.165) is 21.9 Å². The van der Waals surface area contributed by atoms with Gasteiger partial charge in [-0.15, -0.1) is 5.10 Å². The Hall–Kier alpha value is -3.55. The lowest BCUT2D eigenvalue weighted by Gasteiger charge is -2.16. The van der Waals surface area contributed by atoms with Gasteiger partial charge in [0.1, 0.15) is 5.69 Å². The minimum Gasteiger partial charge on any atom is -0.370 e. The number of ether oxygens (including phenoxy) is 1. The molecule has 1 atom stereocenters. The van der Waals surface area contributed by atoms with Crippen LogP contribution < -0.4 is 5.48 Å². The van der Waals surface area contributed by atoms with Crippen LogP contribution in [0.25, 0.3) is 10.8 Å². The van der Waals surface area contributed by atoms with Crippen LogP contribution in [-0.2, 0) is 29.2 Å². The van der Waals surface area contributed by atoms with Gasteiger partial charge in [-0.05, 0) is 28.3 Å². The number of rotatable bonds is 9. The van der Waals surface area contributed by atoms with Crippen molar-refractivity contribution < 1.29 is 14.7 Å². The largest absolute Gasteiger partial charge is 0.370 e. The fraction of sp³-hybridized carbons (Fsp3) is 0.208. The van der Waals surface area contributed by atoms with Crippen LogP contribution in [0.4, 0.5) is 0 Å². The van der Waals surface area contributed by atoms with Gasteiger partial charge in [0.15, 0.2) is 0 Å². The molecule has 1 heterocycles. The summed E-state index contributed by atoms with van der Waals surface area (Å²) in [6, 6.07) is 24.0. The van der Waals surface area contributed by atoms with E-state index in [-0.39, 0.29) is 12.5 Å². The Morgan fingerprint density at radius 2 is 1.74 bits per heavy atom. The first kappa shape index (κ1) is 20.7. The Balaban J connectivity index is 1.46. The Morgan fingerprint density at radius 1 is 0.968 bits per heavy atom. The van der Waals surface area contributed by atoms with Crippen LogP contribution in [0.3, 0.4) is 0 Å². The minimum absolute atomic E-state index is 0.0804. The molecule has 0 saturated heterocycles. The molecule has 1 amide bonds. The third kappa shape index (κ3) is 5.53. The van der Waals surface area contributed by atoms with Gasteiger partial charge < -0.3 is 4.74 Å². The van der Waals surface area contributed by atoms with E-state index in [1.54, 1.807) is 16.4 Å². The molecule has 31 heavy (non-hydrogen) atoms. The first-order valence-electron chi connectivity index (χ1n) is 10.1. The number of hydroxylamine groups is 1. The van der Waals surface area contributed by atoms with Crippen molar-refractivity contribution >= 4 is 16.7 Å². The zero-order chi connectivity index (χ0) is 21.5. The van der Waals surface area contributed by atoms with E-state index >= 15 is 0 Å². The quantitative estimate of drug-likeness (QED) is 0.320. The molecule has 0 aliphatic rings. The average molecular weight is 416 g/mol. The monoisotopic (exact) mass is 416 g/mol. The van der Waals surface area contributed by atoms with Gasteiger partial charge in [-0.2, -0.15) is 0 Å². The molecule has 158 valence electrons. The maximum atomic E-state index is 11.9. The van der Waals surface area contributed by atoms with E-state index in [4.69, 9.17) is 9.94 Å². The highest BCUT2D eigenvalue weighted by atomic mass is 16.5. The molecule has 3 aromatic carbocycles. The molecule has 0 aliphatic carbocycles. The SMILES string of the molecule is O=C(CC(Cc1ccc2ccccc2c1)n1cc(COCc2ccccc2)nn1)NO. The Labute approximate surface area is 180 Å². The zero-order valence-electron chi connectivity index (χ0n) is 17.0. The smallest absolute Gasteiger partial charge is 0.245 e. The molecule has 0 bridgehead atoms. The van der Waals surface area contributed by atoms with Gasteiger partial charge in [0, 0.05) is 0 Å². The summed E-state index contributed by atoms with van der Waals surface area (Å²) in [6.45, 7) is 0.810. The average Bonchev–Trinajstić information content (AvgIpc) is 3.28. The third-order valence-electron chi connectivity index (χ3n) is 5.12. The maximum absolute atomic E-state index is 11.9. The summed E-state index contributed by atoms with van der Waals surface area (Å²) in [5, 5.41) is 19.7. The van der Waals surface area contributed by atoms with Gasteiger partial charge in [-0.3, -0.25) is 10.0 Å². The van der Waals surface area contributed by atoms with Crippen LogP contribution in [0.5, 0.6) is 0 Å². The normalized spacial score (nSPS) is 12.0. The summed E-state index contributed by atoms with van der Waals surface area (Å²) in [5.74, 6) is -0.469. The number of nitrogens with one attached hydrogen (secondary N) is 1. The summed E-state index contributed by atoms with van der Waals surface area (Å²) in [4.78, 5) is 11.9. The molecule has 7 nitrogen and oxygen atoms in total. The van der Waals surface area contributed by atoms with Crippen molar-refractivity contribution in [3.8, 4) is 0 Å². The Bertz CT molecular complexity index is 1140. The van der Waals surface area contributed by atoms with E-state index in [1.807, 2.05) is 48.5 Å². The molecule has 1 unspecified atom stereocenters. The van der Waals surface area contributed by atoms with E-state index in [1.165, 1.54) is 0 Å². The van der Waals surface area contributed by atoms with Gasteiger partial charge in [-0.1, -0.05) is 78.0 Å². The minimum atomic E-state index is -0.469. The first-order valence-corrected chi connectivity index (χ1v) is 10.1. The highest BCUT2D eigenvalue weighted by molar-refractivity contribution is 5.83. The highest BCUT2D eigenvalue weighted by Gasteiger charge is 2.18. The summed E-state index contributed by atoms with van der Waals surface area (Å²) < 4.78 is 7.40. The summed E-state index contributed by atoms with van der Waals surface area (Å²) in [5.41, 5.74) is 4.56. The van der Waals surface area contributed by atoms with Crippen LogP contribution in [0.1, 0.15) is 29.3 Å². The summed E-state index contributed by atoms with van der Waals surface area (Å²) in [7, 11) is 0. The van der Waals surface area contributed by atoms with Crippen LogP contribution in [0.2, 0.25) is 0 Å². The predicted molar refractivity (Wildman–Crippen MR) is 116 cm³/mol. The third-order valence-corrected chi connectivity index (χ3v) is 5.12. The number of aromatic nitrogens is 3. The van der Waals surface area contributed by atoms with Crippen molar-refractivity contribution in [2.75, 3.05) is 0 Å². The number of hydrogen-bond acceptors (Lipinski definition) is 5. The van der Waals surface area contributed by atoms with E-state index in [9.17, 15) is 4.79 Å². The number of carbonyl (C=O) groups excluding carboxylic acids is 1. The second-order valence-electron chi connectivity index (χ2n) is 7.45. The molecule has 7 heteroatoms. The van der Waals surface area contributed by atoms with Crippen molar-refractivity contribution in [3.05, 3.63) is 95.8 Å². The summed E-state index contributed by atoms with van der Waals surface area (Å²) >= 11 is 0. The molecule has 1 aromatic heterocycles. The molecule has 4 aromatic rings. The Kier molecular flexibility index (Phi) is 6.66. The lowest BCUT2D eigenvalue weighted by atomic mass is 10.00. The highest BCUT2D eigenvalue weighted by Crippen LogP contribution is 2.22. The maximum Gasteiger partial charge on any atom is 0.245 e. The van der Waals surface area contributed by atoms with Gasteiger partial charge in [0.25, 0.3) is 0 Å². The molecular formula is C24H24N4O3. The summed E-state index contributed by atoms with van der Waals surface area (Å²) in [6.07, 6.45) is 2.45. The first-order chi connectivity index (χ1) is 15.2.